The molecular formula is C16H16FN3S. The molecule has 108 valence electrons. The Morgan fingerprint density at radius 3 is 2.57 bits per heavy atom. The van der Waals surface area contributed by atoms with Crippen molar-refractivity contribution in [3.8, 4) is 0 Å². The molecule has 1 atom stereocenters. The zero-order chi connectivity index (χ0) is 15.0. The first-order valence-electron chi connectivity index (χ1n) is 6.79. The highest BCUT2D eigenvalue weighted by atomic mass is 32.1. The van der Waals surface area contributed by atoms with Gasteiger partial charge in [-0.15, -0.1) is 11.3 Å². The minimum atomic E-state index is -0.223. The van der Waals surface area contributed by atoms with Gasteiger partial charge in [0.25, 0.3) is 0 Å². The van der Waals surface area contributed by atoms with Crippen molar-refractivity contribution in [2.75, 3.05) is 5.32 Å². The van der Waals surface area contributed by atoms with Crippen LogP contribution in [0, 0.1) is 19.7 Å². The molecule has 0 spiro atoms. The number of aromatic nitrogens is 2. The Kier molecular flexibility index (Phi) is 3.59. The molecule has 0 bridgehead atoms. The van der Waals surface area contributed by atoms with Crippen LogP contribution in [0.3, 0.4) is 0 Å². The highest BCUT2D eigenvalue weighted by Gasteiger charge is 2.14. The summed E-state index contributed by atoms with van der Waals surface area (Å²) in [6, 6.07) is 6.57. The number of nitrogens with zero attached hydrogens (tertiary/aromatic N) is 2. The van der Waals surface area contributed by atoms with Crippen molar-refractivity contribution in [3.05, 3.63) is 52.4 Å². The molecule has 0 radical (unpaired) electrons. The summed E-state index contributed by atoms with van der Waals surface area (Å²) < 4.78 is 13.0. The number of rotatable bonds is 3. The number of thiophene rings is 1. The average Bonchev–Trinajstić information content (AvgIpc) is 2.76. The van der Waals surface area contributed by atoms with Crippen LogP contribution in [0.2, 0.25) is 0 Å². The van der Waals surface area contributed by atoms with Gasteiger partial charge in [-0.1, -0.05) is 12.1 Å². The Balaban J connectivity index is 1.96. The fourth-order valence-corrected chi connectivity index (χ4v) is 3.33. The third-order valence-electron chi connectivity index (χ3n) is 3.69. The first-order valence-corrected chi connectivity index (χ1v) is 7.60. The molecule has 0 unspecified atom stereocenters. The lowest BCUT2D eigenvalue weighted by Crippen LogP contribution is -2.08. The molecule has 3 nitrogen and oxygen atoms in total. The van der Waals surface area contributed by atoms with Crippen LogP contribution in [0.25, 0.3) is 10.2 Å². The molecule has 0 saturated heterocycles. The Morgan fingerprint density at radius 2 is 1.86 bits per heavy atom. The van der Waals surface area contributed by atoms with Crippen LogP contribution in [-0.2, 0) is 0 Å². The Bertz CT molecular complexity index is 780. The first-order chi connectivity index (χ1) is 10.1. The topological polar surface area (TPSA) is 37.8 Å². The molecule has 5 heteroatoms. The molecule has 0 amide bonds. The molecule has 0 aliphatic rings. The number of hydrogen-bond acceptors (Lipinski definition) is 4. The highest BCUT2D eigenvalue weighted by Crippen LogP contribution is 2.33. The SMILES string of the molecule is Cc1sc2ncnc(N[C@H](C)c3ccc(F)cc3)c2c1C. The maximum Gasteiger partial charge on any atom is 0.138 e. The summed E-state index contributed by atoms with van der Waals surface area (Å²) in [5.41, 5.74) is 2.23. The smallest absolute Gasteiger partial charge is 0.138 e. The lowest BCUT2D eigenvalue weighted by molar-refractivity contribution is 0.626. The van der Waals surface area contributed by atoms with Crippen molar-refractivity contribution in [1.29, 1.82) is 0 Å². The monoisotopic (exact) mass is 301 g/mol. The quantitative estimate of drug-likeness (QED) is 0.767. The largest absolute Gasteiger partial charge is 0.363 e. The fraction of sp³-hybridized carbons (Fsp3) is 0.250. The van der Waals surface area contributed by atoms with E-state index in [1.54, 1.807) is 29.8 Å². The van der Waals surface area contributed by atoms with E-state index in [0.29, 0.717) is 0 Å². The van der Waals surface area contributed by atoms with Gasteiger partial charge in [-0.3, -0.25) is 0 Å². The summed E-state index contributed by atoms with van der Waals surface area (Å²) in [6.07, 6.45) is 1.58. The van der Waals surface area contributed by atoms with Crippen molar-refractivity contribution >= 4 is 27.4 Å². The summed E-state index contributed by atoms with van der Waals surface area (Å²) in [6.45, 7) is 6.22. The molecule has 0 aliphatic heterocycles. The zero-order valence-corrected chi connectivity index (χ0v) is 13.0. The van der Waals surface area contributed by atoms with Crippen molar-refractivity contribution in [2.45, 2.75) is 26.8 Å². The number of benzene rings is 1. The standard InChI is InChI=1S/C16H16FN3S/c1-9-11(3)21-16-14(9)15(18-8-19-16)20-10(2)12-4-6-13(17)7-5-12/h4-8,10H,1-3H3,(H,18,19,20)/t10-/m1/s1. The molecule has 2 heterocycles. The Morgan fingerprint density at radius 1 is 1.14 bits per heavy atom. The van der Waals surface area contributed by atoms with Gasteiger partial charge in [0.15, 0.2) is 0 Å². The number of nitrogens with one attached hydrogen (secondary N) is 1. The second-order valence-electron chi connectivity index (χ2n) is 5.10. The van der Waals surface area contributed by atoms with Crippen molar-refractivity contribution in [1.82, 2.24) is 9.97 Å². The first kappa shape index (κ1) is 13.9. The molecule has 3 rings (SSSR count). The normalized spacial score (nSPS) is 12.6. The van der Waals surface area contributed by atoms with Gasteiger partial charge in [-0.25, -0.2) is 14.4 Å². The van der Waals surface area contributed by atoms with E-state index in [2.05, 4.69) is 29.1 Å². The molecule has 0 fully saturated rings. The maximum atomic E-state index is 13.0. The van der Waals surface area contributed by atoms with E-state index in [4.69, 9.17) is 0 Å². The molecule has 1 N–H and O–H groups in total. The van der Waals surface area contributed by atoms with E-state index in [9.17, 15) is 4.39 Å². The number of anilines is 1. The minimum absolute atomic E-state index is 0.0447. The molecule has 0 saturated carbocycles. The van der Waals surface area contributed by atoms with Crippen molar-refractivity contribution in [2.24, 2.45) is 0 Å². The number of halogens is 1. The van der Waals surface area contributed by atoms with Crippen LogP contribution in [0.5, 0.6) is 0 Å². The van der Waals surface area contributed by atoms with Crippen molar-refractivity contribution < 1.29 is 4.39 Å². The van der Waals surface area contributed by atoms with E-state index >= 15 is 0 Å². The average molecular weight is 301 g/mol. The van der Waals surface area contributed by atoms with Gasteiger partial charge in [0.2, 0.25) is 0 Å². The lowest BCUT2D eigenvalue weighted by atomic mass is 10.1. The van der Waals surface area contributed by atoms with Crippen LogP contribution in [0.15, 0.2) is 30.6 Å². The van der Waals surface area contributed by atoms with Gasteiger partial charge in [0.05, 0.1) is 5.39 Å². The van der Waals surface area contributed by atoms with Gasteiger partial charge in [0.1, 0.15) is 22.8 Å². The second kappa shape index (κ2) is 5.41. The van der Waals surface area contributed by atoms with Crippen LogP contribution >= 0.6 is 11.3 Å². The summed E-state index contributed by atoms with van der Waals surface area (Å²) in [4.78, 5) is 11.0. The van der Waals surface area contributed by atoms with E-state index in [1.165, 1.54) is 22.6 Å². The highest BCUT2D eigenvalue weighted by molar-refractivity contribution is 7.18. The summed E-state index contributed by atoms with van der Waals surface area (Å²) in [7, 11) is 0. The van der Waals surface area contributed by atoms with Gasteiger partial charge in [-0.05, 0) is 44.0 Å². The number of aryl methyl sites for hydroxylation is 2. The maximum absolute atomic E-state index is 13.0. The van der Waals surface area contributed by atoms with Crippen molar-refractivity contribution in [3.63, 3.8) is 0 Å². The molecule has 0 aliphatic carbocycles. The van der Waals surface area contributed by atoms with Crippen LogP contribution in [0.1, 0.15) is 29.0 Å². The predicted octanol–water partition coefficient (Wildman–Crippen LogP) is 4.62. The predicted molar refractivity (Wildman–Crippen MR) is 85.3 cm³/mol. The van der Waals surface area contributed by atoms with Crippen LogP contribution in [-0.4, -0.2) is 9.97 Å². The molecule has 3 aromatic rings. The summed E-state index contributed by atoms with van der Waals surface area (Å²) >= 11 is 1.68. The molecule has 1 aromatic carbocycles. The zero-order valence-electron chi connectivity index (χ0n) is 12.1. The van der Waals surface area contributed by atoms with Gasteiger partial charge >= 0.3 is 0 Å². The van der Waals surface area contributed by atoms with Gasteiger partial charge < -0.3 is 5.32 Å². The summed E-state index contributed by atoms with van der Waals surface area (Å²) in [5.74, 6) is 0.610. The van der Waals surface area contributed by atoms with Crippen LogP contribution in [0.4, 0.5) is 10.2 Å². The number of hydrogen-bond donors (Lipinski definition) is 1. The summed E-state index contributed by atoms with van der Waals surface area (Å²) in [5, 5.41) is 4.49. The molecular weight excluding hydrogens is 285 g/mol. The van der Waals surface area contributed by atoms with Gasteiger partial charge in [-0.2, -0.15) is 0 Å². The minimum Gasteiger partial charge on any atom is -0.363 e. The van der Waals surface area contributed by atoms with Crippen LogP contribution < -0.4 is 5.32 Å². The lowest BCUT2D eigenvalue weighted by Gasteiger charge is -2.15. The Labute approximate surface area is 126 Å². The van der Waals surface area contributed by atoms with E-state index in [0.717, 1.165) is 21.6 Å². The third-order valence-corrected chi connectivity index (χ3v) is 4.80. The fourth-order valence-electron chi connectivity index (χ4n) is 2.33. The molecule has 2 aromatic heterocycles. The van der Waals surface area contributed by atoms with E-state index in [-0.39, 0.29) is 11.9 Å². The second-order valence-corrected chi connectivity index (χ2v) is 6.31. The van der Waals surface area contributed by atoms with E-state index in [1.807, 2.05) is 6.92 Å². The molecule has 21 heavy (non-hydrogen) atoms. The Hall–Kier alpha value is -2.01. The van der Waals surface area contributed by atoms with Gasteiger partial charge in [0, 0.05) is 10.9 Å². The number of fused-ring (bicyclic) bond motifs is 1. The third kappa shape index (κ3) is 2.61. The van der Waals surface area contributed by atoms with E-state index < -0.39 is 0 Å².